The van der Waals surface area contributed by atoms with Crippen LogP contribution in [-0.2, 0) is 5.41 Å². The van der Waals surface area contributed by atoms with Crippen LogP contribution >= 0.6 is 0 Å². The SMILES string of the molecule is Cc1c(-c2ccccc2)ccc(F)c1C(C)(C)C. The summed E-state index contributed by atoms with van der Waals surface area (Å²) in [6.07, 6.45) is 0. The van der Waals surface area contributed by atoms with Gasteiger partial charge in [0.1, 0.15) is 5.82 Å². The van der Waals surface area contributed by atoms with E-state index in [-0.39, 0.29) is 11.2 Å². The van der Waals surface area contributed by atoms with Gasteiger partial charge in [-0.05, 0) is 40.7 Å². The van der Waals surface area contributed by atoms with Gasteiger partial charge < -0.3 is 0 Å². The van der Waals surface area contributed by atoms with E-state index in [4.69, 9.17) is 0 Å². The van der Waals surface area contributed by atoms with Crippen LogP contribution in [0.1, 0.15) is 31.9 Å². The van der Waals surface area contributed by atoms with E-state index < -0.39 is 0 Å². The van der Waals surface area contributed by atoms with E-state index in [9.17, 15) is 4.39 Å². The Bertz CT molecular complexity index is 548. The van der Waals surface area contributed by atoms with Crippen molar-refractivity contribution >= 4 is 0 Å². The number of rotatable bonds is 1. The molecule has 0 saturated carbocycles. The molecule has 1 heteroatoms. The van der Waals surface area contributed by atoms with Crippen molar-refractivity contribution in [3.8, 4) is 11.1 Å². The van der Waals surface area contributed by atoms with E-state index in [1.54, 1.807) is 6.07 Å². The number of benzene rings is 2. The summed E-state index contributed by atoms with van der Waals surface area (Å²) in [5.74, 6) is -0.111. The fourth-order valence-corrected chi connectivity index (χ4v) is 2.53. The minimum Gasteiger partial charge on any atom is -0.207 e. The van der Waals surface area contributed by atoms with Gasteiger partial charge in [-0.25, -0.2) is 4.39 Å². The van der Waals surface area contributed by atoms with Crippen molar-refractivity contribution in [3.63, 3.8) is 0 Å². The van der Waals surface area contributed by atoms with Crippen molar-refractivity contribution in [2.24, 2.45) is 0 Å². The van der Waals surface area contributed by atoms with Gasteiger partial charge in [0.25, 0.3) is 0 Å². The minimum atomic E-state index is -0.182. The molecule has 0 nitrogen and oxygen atoms in total. The van der Waals surface area contributed by atoms with Crippen LogP contribution in [0.2, 0.25) is 0 Å². The van der Waals surface area contributed by atoms with E-state index in [2.05, 4.69) is 12.1 Å². The summed E-state index contributed by atoms with van der Waals surface area (Å²) in [6, 6.07) is 13.6. The third-order valence-corrected chi connectivity index (χ3v) is 3.25. The summed E-state index contributed by atoms with van der Waals surface area (Å²) in [7, 11) is 0. The van der Waals surface area contributed by atoms with Gasteiger partial charge in [0.15, 0.2) is 0 Å². The second-order valence-corrected chi connectivity index (χ2v) is 5.71. The maximum atomic E-state index is 14.0. The standard InChI is InChI=1S/C17H19F/c1-12-14(13-8-6-5-7-9-13)10-11-15(18)16(12)17(2,3)4/h5-11H,1-4H3. The van der Waals surface area contributed by atoms with Gasteiger partial charge in [0.2, 0.25) is 0 Å². The first-order chi connectivity index (χ1) is 8.41. The Morgan fingerprint density at radius 1 is 0.889 bits per heavy atom. The van der Waals surface area contributed by atoms with Gasteiger partial charge in [0.05, 0.1) is 0 Å². The third-order valence-electron chi connectivity index (χ3n) is 3.25. The molecule has 94 valence electrons. The molecule has 0 aliphatic rings. The Hall–Kier alpha value is -1.63. The van der Waals surface area contributed by atoms with Crippen LogP contribution in [0.4, 0.5) is 4.39 Å². The smallest absolute Gasteiger partial charge is 0.127 e. The molecule has 2 aromatic rings. The molecule has 0 radical (unpaired) electrons. The molecule has 0 spiro atoms. The van der Waals surface area contributed by atoms with Crippen molar-refractivity contribution in [2.75, 3.05) is 0 Å². The van der Waals surface area contributed by atoms with Crippen molar-refractivity contribution in [2.45, 2.75) is 33.1 Å². The molecule has 2 aromatic carbocycles. The fraction of sp³-hybridized carbons (Fsp3) is 0.294. The fourth-order valence-electron chi connectivity index (χ4n) is 2.53. The summed E-state index contributed by atoms with van der Waals surface area (Å²) in [5.41, 5.74) is 3.92. The van der Waals surface area contributed by atoms with Gasteiger partial charge in [0, 0.05) is 0 Å². The molecule has 0 saturated heterocycles. The van der Waals surface area contributed by atoms with Crippen LogP contribution in [0.25, 0.3) is 11.1 Å². The molecule has 0 heterocycles. The molecule has 0 aliphatic heterocycles. The summed E-state index contributed by atoms with van der Waals surface area (Å²) < 4.78 is 14.0. The lowest BCUT2D eigenvalue weighted by Gasteiger charge is -2.24. The average Bonchev–Trinajstić information content (AvgIpc) is 2.28. The first kappa shape index (κ1) is 12.8. The minimum absolute atomic E-state index is 0.111. The average molecular weight is 242 g/mol. The molecule has 0 atom stereocenters. The van der Waals surface area contributed by atoms with E-state index >= 15 is 0 Å². The van der Waals surface area contributed by atoms with Crippen LogP contribution in [-0.4, -0.2) is 0 Å². The molecule has 0 unspecified atom stereocenters. The highest BCUT2D eigenvalue weighted by Gasteiger charge is 2.22. The molecule has 18 heavy (non-hydrogen) atoms. The second kappa shape index (κ2) is 4.56. The van der Waals surface area contributed by atoms with E-state index in [0.717, 1.165) is 22.3 Å². The highest BCUT2D eigenvalue weighted by atomic mass is 19.1. The molecular formula is C17H19F. The van der Waals surface area contributed by atoms with Gasteiger partial charge in [-0.3, -0.25) is 0 Å². The largest absolute Gasteiger partial charge is 0.207 e. The van der Waals surface area contributed by atoms with Crippen molar-refractivity contribution < 1.29 is 4.39 Å². The topological polar surface area (TPSA) is 0 Å². The molecule has 0 bridgehead atoms. The van der Waals surface area contributed by atoms with Crippen LogP contribution in [0, 0.1) is 12.7 Å². The van der Waals surface area contributed by atoms with Crippen LogP contribution in [0.15, 0.2) is 42.5 Å². The normalized spacial score (nSPS) is 11.6. The number of halogens is 1. The van der Waals surface area contributed by atoms with Crippen LogP contribution < -0.4 is 0 Å². The first-order valence-electron chi connectivity index (χ1n) is 6.26. The van der Waals surface area contributed by atoms with Crippen LogP contribution in [0.5, 0.6) is 0 Å². The molecular weight excluding hydrogens is 223 g/mol. The zero-order chi connectivity index (χ0) is 13.3. The van der Waals surface area contributed by atoms with E-state index in [0.29, 0.717) is 0 Å². The molecule has 0 fully saturated rings. The Balaban J connectivity index is 2.66. The lowest BCUT2D eigenvalue weighted by molar-refractivity contribution is 0.519. The zero-order valence-electron chi connectivity index (χ0n) is 11.4. The first-order valence-corrected chi connectivity index (χ1v) is 6.26. The number of hydrogen-bond donors (Lipinski definition) is 0. The second-order valence-electron chi connectivity index (χ2n) is 5.71. The number of hydrogen-bond acceptors (Lipinski definition) is 0. The highest BCUT2D eigenvalue weighted by Crippen LogP contribution is 2.34. The van der Waals surface area contributed by atoms with Gasteiger partial charge in [-0.2, -0.15) is 0 Å². The highest BCUT2D eigenvalue weighted by molar-refractivity contribution is 5.69. The lowest BCUT2D eigenvalue weighted by Crippen LogP contribution is -2.16. The zero-order valence-corrected chi connectivity index (χ0v) is 11.4. The summed E-state index contributed by atoms with van der Waals surface area (Å²) in [6.45, 7) is 8.15. The van der Waals surface area contributed by atoms with Crippen LogP contribution in [0.3, 0.4) is 0 Å². The van der Waals surface area contributed by atoms with Gasteiger partial charge in [-0.15, -0.1) is 0 Å². The summed E-state index contributed by atoms with van der Waals surface area (Å²) in [5, 5.41) is 0. The predicted octanol–water partition coefficient (Wildman–Crippen LogP) is 5.10. The summed E-state index contributed by atoms with van der Waals surface area (Å²) in [4.78, 5) is 0. The van der Waals surface area contributed by atoms with E-state index in [1.807, 2.05) is 52.0 Å². The molecule has 0 aliphatic carbocycles. The predicted molar refractivity (Wildman–Crippen MR) is 75.3 cm³/mol. The Labute approximate surface area is 108 Å². The maximum absolute atomic E-state index is 14.0. The van der Waals surface area contributed by atoms with Crippen molar-refractivity contribution in [3.05, 3.63) is 59.4 Å². The Morgan fingerprint density at radius 3 is 2.06 bits per heavy atom. The molecule has 0 aromatic heterocycles. The van der Waals surface area contributed by atoms with Gasteiger partial charge in [-0.1, -0.05) is 57.2 Å². The van der Waals surface area contributed by atoms with Crippen molar-refractivity contribution in [1.82, 2.24) is 0 Å². The lowest BCUT2D eigenvalue weighted by atomic mass is 9.81. The Kier molecular flexibility index (Phi) is 3.25. The van der Waals surface area contributed by atoms with Crippen molar-refractivity contribution in [1.29, 1.82) is 0 Å². The quantitative estimate of drug-likeness (QED) is 0.652. The van der Waals surface area contributed by atoms with E-state index in [1.165, 1.54) is 0 Å². The summed E-state index contributed by atoms with van der Waals surface area (Å²) >= 11 is 0. The van der Waals surface area contributed by atoms with Gasteiger partial charge >= 0.3 is 0 Å². The Morgan fingerprint density at radius 2 is 1.50 bits per heavy atom. The molecule has 2 rings (SSSR count). The molecule has 0 amide bonds. The molecule has 0 N–H and O–H groups in total. The third kappa shape index (κ3) is 2.31. The maximum Gasteiger partial charge on any atom is 0.127 e. The monoisotopic (exact) mass is 242 g/mol.